The molecule has 1 aromatic carbocycles. The number of rotatable bonds is 6. The summed E-state index contributed by atoms with van der Waals surface area (Å²) in [6, 6.07) is 8.04. The third kappa shape index (κ3) is 3.32. The summed E-state index contributed by atoms with van der Waals surface area (Å²) in [7, 11) is 1.64. The van der Waals surface area contributed by atoms with Crippen molar-refractivity contribution in [3.05, 3.63) is 40.5 Å². The number of hydrogen-bond acceptors (Lipinski definition) is 5. The highest BCUT2D eigenvalue weighted by atomic mass is 35.5. The quantitative estimate of drug-likeness (QED) is 0.515. The summed E-state index contributed by atoms with van der Waals surface area (Å²) in [6.45, 7) is 5.99. The Labute approximate surface area is 181 Å². The number of fused-ring (bicyclic) bond motifs is 3. The van der Waals surface area contributed by atoms with Gasteiger partial charge in [0.25, 0.3) is 0 Å². The van der Waals surface area contributed by atoms with Gasteiger partial charge in [0, 0.05) is 24.7 Å². The molecule has 1 saturated carbocycles. The number of hydrogen-bond donors (Lipinski definition) is 0. The van der Waals surface area contributed by atoms with Crippen molar-refractivity contribution in [3.63, 3.8) is 0 Å². The fraction of sp³-hybridized carbons (Fsp3) is 0.478. The van der Waals surface area contributed by atoms with Gasteiger partial charge in [0.2, 0.25) is 11.8 Å². The number of imidazole rings is 1. The Hall–Kier alpha value is -2.31. The number of halogens is 1. The molecule has 0 radical (unpaired) electrons. The molecule has 30 heavy (non-hydrogen) atoms. The third-order valence-corrected chi connectivity index (χ3v) is 6.30. The lowest BCUT2D eigenvalue weighted by molar-refractivity contribution is 0.0373. The molecule has 7 heteroatoms. The van der Waals surface area contributed by atoms with Gasteiger partial charge in [-0.1, -0.05) is 24.6 Å². The Kier molecular flexibility index (Phi) is 5.07. The van der Waals surface area contributed by atoms with Gasteiger partial charge in [-0.25, -0.2) is 9.97 Å². The van der Waals surface area contributed by atoms with Crippen LogP contribution in [0.4, 0.5) is 11.6 Å². The van der Waals surface area contributed by atoms with Crippen LogP contribution in [0, 0.1) is 6.92 Å². The van der Waals surface area contributed by atoms with Gasteiger partial charge in [0.1, 0.15) is 5.52 Å². The average Bonchev–Trinajstić information content (AvgIpc) is 3.49. The highest BCUT2D eigenvalue weighted by Crippen LogP contribution is 2.41. The second-order valence-electron chi connectivity index (χ2n) is 8.09. The zero-order valence-electron chi connectivity index (χ0n) is 17.7. The molecule has 2 aliphatic rings. The molecular formula is C23H27ClN4O2. The number of aryl methyl sites for hydroxylation is 2. The van der Waals surface area contributed by atoms with Crippen molar-refractivity contribution in [2.75, 3.05) is 18.6 Å². The predicted octanol–water partition coefficient (Wildman–Crippen LogP) is 5.57. The fourth-order valence-electron chi connectivity index (χ4n) is 4.37. The number of ether oxygens (including phenoxy) is 2. The second kappa shape index (κ2) is 7.75. The molecule has 0 N–H and O–H groups in total. The Morgan fingerprint density at radius 1 is 1.17 bits per heavy atom. The molecule has 0 saturated heterocycles. The van der Waals surface area contributed by atoms with Gasteiger partial charge in [0.15, 0.2) is 0 Å². The molecule has 3 heterocycles. The van der Waals surface area contributed by atoms with E-state index in [2.05, 4.69) is 33.5 Å². The summed E-state index contributed by atoms with van der Waals surface area (Å²) in [5.41, 5.74) is 5.12. The number of benzene rings is 1. The van der Waals surface area contributed by atoms with E-state index < -0.39 is 0 Å². The normalized spacial score (nSPS) is 17.3. The minimum atomic E-state index is 0.0674. The van der Waals surface area contributed by atoms with Crippen molar-refractivity contribution in [3.8, 4) is 5.88 Å². The molecule has 158 valence electrons. The molecule has 1 aliphatic carbocycles. The van der Waals surface area contributed by atoms with Crippen LogP contribution in [0.25, 0.3) is 11.0 Å². The van der Waals surface area contributed by atoms with Crippen molar-refractivity contribution >= 4 is 34.3 Å². The van der Waals surface area contributed by atoms with E-state index in [9.17, 15) is 0 Å². The molecular weight excluding hydrogens is 400 g/mol. The van der Waals surface area contributed by atoms with Crippen LogP contribution in [0.3, 0.4) is 0 Å². The maximum Gasteiger partial charge on any atom is 0.213 e. The Morgan fingerprint density at radius 2 is 2.00 bits per heavy atom. The lowest BCUT2D eigenvalue weighted by Gasteiger charge is -2.30. The van der Waals surface area contributed by atoms with Crippen LogP contribution in [-0.4, -0.2) is 34.3 Å². The molecule has 0 spiro atoms. The molecule has 5 rings (SSSR count). The van der Waals surface area contributed by atoms with E-state index in [4.69, 9.17) is 26.1 Å². The van der Waals surface area contributed by atoms with Gasteiger partial charge in [0.05, 0.1) is 41.2 Å². The number of aromatic nitrogens is 3. The van der Waals surface area contributed by atoms with E-state index >= 15 is 0 Å². The minimum absolute atomic E-state index is 0.0674. The van der Waals surface area contributed by atoms with E-state index in [-0.39, 0.29) is 6.10 Å². The van der Waals surface area contributed by atoms with E-state index in [0.717, 1.165) is 67.1 Å². The van der Waals surface area contributed by atoms with Crippen molar-refractivity contribution in [1.29, 1.82) is 0 Å². The smallest absolute Gasteiger partial charge is 0.213 e. The lowest BCUT2D eigenvalue weighted by Crippen LogP contribution is -2.29. The molecule has 3 aromatic rings. The largest absolute Gasteiger partial charge is 0.481 e. The zero-order valence-corrected chi connectivity index (χ0v) is 18.4. The van der Waals surface area contributed by atoms with Gasteiger partial charge < -0.3 is 18.9 Å². The van der Waals surface area contributed by atoms with E-state index in [0.29, 0.717) is 17.0 Å². The monoisotopic (exact) mass is 426 g/mol. The van der Waals surface area contributed by atoms with Crippen molar-refractivity contribution in [1.82, 2.24) is 14.5 Å². The van der Waals surface area contributed by atoms with E-state index in [1.807, 2.05) is 19.1 Å². The molecule has 1 aliphatic heterocycles. The van der Waals surface area contributed by atoms with Crippen LogP contribution in [-0.2, 0) is 11.3 Å². The molecule has 2 aromatic heterocycles. The summed E-state index contributed by atoms with van der Waals surface area (Å²) in [6.07, 6.45) is 4.74. The highest BCUT2D eigenvalue weighted by Gasteiger charge is 2.31. The van der Waals surface area contributed by atoms with Crippen molar-refractivity contribution in [2.24, 2.45) is 0 Å². The first-order valence-electron chi connectivity index (χ1n) is 10.7. The molecule has 1 unspecified atom stereocenters. The number of anilines is 2. The van der Waals surface area contributed by atoms with Crippen molar-refractivity contribution in [2.45, 2.75) is 58.3 Å². The standard InChI is InChI=1S/C23H27ClN4O2/c1-4-19(30-15-6-7-15)16-8-9-17(24)21-22(16)28-13-5-12-27(23(28)26-21)18-10-11-20(29-3)25-14(18)2/h8-11,15,19H,4-7,12-13H2,1-3H3. The highest BCUT2D eigenvalue weighted by molar-refractivity contribution is 6.35. The average molecular weight is 427 g/mol. The SMILES string of the molecule is CCC(OC1CC1)c1ccc(Cl)c2nc3n(c12)CCCN3c1ccc(OC)nc1C. The summed E-state index contributed by atoms with van der Waals surface area (Å²) in [5.74, 6) is 1.54. The van der Waals surface area contributed by atoms with Crippen LogP contribution in [0.1, 0.15) is 50.0 Å². The van der Waals surface area contributed by atoms with Crippen LogP contribution in [0.2, 0.25) is 5.02 Å². The summed E-state index contributed by atoms with van der Waals surface area (Å²) in [4.78, 5) is 11.8. The first-order chi connectivity index (χ1) is 14.6. The fourth-order valence-corrected chi connectivity index (χ4v) is 4.56. The maximum atomic E-state index is 6.62. The first-order valence-corrected chi connectivity index (χ1v) is 11.1. The van der Waals surface area contributed by atoms with Crippen LogP contribution in [0.5, 0.6) is 5.88 Å². The van der Waals surface area contributed by atoms with E-state index in [1.165, 1.54) is 5.56 Å². The van der Waals surface area contributed by atoms with Gasteiger partial charge in [-0.15, -0.1) is 0 Å². The Morgan fingerprint density at radius 3 is 2.70 bits per heavy atom. The number of pyridine rings is 1. The van der Waals surface area contributed by atoms with Gasteiger partial charge in [-0.2, -0.15) is 0 Å². The number of nitrogens with zero attached hydrogens (tertiary/aromatic N) is 4. The van der Waals surface area contributed by atoms with E-state index in [1.54, 1.807) is 7.11 Å². The summed E-state index contributed by atoms with van der Waals surface area (Å²) < 4.78 is 13.9. The molecule has 1 fully saturated rings. The Bertz CT molecular complexity index is 1090. The number of methoxy groups -OCH3 is 1. The van der Waals surface area contributed by atoms with Gasteiger partial charge >= 0.3 is 0 Å². The molecule has 6 nitrogen and oxygen atoms in total. The topological polar surface area (TPSA) is 52.4 Å². The van der Waals surface area contributed by atoms with Gasteiger partial charge in [-0.05, 0) is 44.7 Å². The third-order valence-electron chi connectivity index (χ3n) is 5.99. The second-order valence-corrected chi connectivity index (χ2v) is 8.50. The first kappa shape index (κ1) is 19.6. The lowest BCUT2D eigenvalue weighted by atomic mass is 10.0. The summed E-state index contributed by atoms with van der Waals surface area (Å²) >= 11 is 6.62. The van der Waals surface area contributed by atoms with Crippen LogP contribution >= 0.6 is 11.6 Å². The van der Waals surface area contributed by atoms with Gasteiger partial charge in [-0.3, -0.25) is 0 Å². The Balaban J connectivity index is 1.64. The summed E-state index contributed by atoms with van der Waals surface area (Å²) in [5, 5.41) is 0.682. The molecule has 0 amide bonds. The predicted molar refractivity (Wildman–Crippen MR) is 119 cm³/mol. The maximum absolute atomic E-state index is 6.62. The van der Waals surface area contributed by atoms with Crippen LogP contribution < -0.4 is 9.64 Å². The molecule has 0 bridgehead atoms. The minimum Gasteiger partial charge on any atom is -0.481 e. The zero-order chi connectivity index (χ0) is 20.8. The molecule has 1 atom stereocenters. The van der Waals surface area contributed by atoms with Crippen molar-refractivity contribution < 1.29 is 9.47 Å². The van der Waals surface area contributed by atoms with Crippen LogP contribution in [0.15, 0.2) is 24.3 Å².